The molecule has 1 aromatic carbocycles. The van der Waals surface area contributed by atoms with Crippen LogP contribution in [-0.2, 0) is 11.3 Å². The molecule has 2 saturated heterocycles. The first-order valence-corrected chi connectivity index (χ1v) is 9.39. The molecule has 0 spiro atoms. The van der Waals surface area contributed by atoms with Crippen molar-refractivity contribution >= 4 is 28.8 Å². The van der Waals surface area contributed by atoms with Gasteiger partial charge in [0.05, 0.1) is 12.3 Å². The molecule has 0 bridgehead atoms. The van der Waals surface area contributed by atoms with Crippen molar-refractivity contribution in [2.75, 3.05) is 45.0 Å². The first-order valence-electron chi connectivity index (χ1n) is 8.41. The molecule has 2 aliphatic heterocycles. The Hall–Kier alpha value is -1.90. The van der Waals surface area contributed by atoms with Crippen LogP contribution in [0.1, 0.15) is 15.9 Å². The lowest BCUT2D eigenvalue weighted by atomic mass is 10.1. The lowest BCUT2D eigenvalue weighted by Gasteiger charge is -2.27. The molecule has 2 heterocycles. The number of amides is 3. The number of rotatable bonds is 6. The van der Waals surface area contributed by atoms with Crippen LogP contribution in [-0.4, -0.2) is 71.9 Å². The average Bonchev–Trinajstić information content (AvgIpc) is 2.95. The first kappa shape index (κ1) is 17.9. The number of carbonyl (C=O) groups excluding carboxylic acids is 3. The van der Waals surface area contributed by atoms with E-state index in [-0.39, 0.29) is 29.4 Å². The topological polar surface area (TPSA) is 81.8 Å². The first-order chi connectivity index (χ1) is 12.1. The molecule has 7 nitrogen and oxygen atoms in total. The normalized spacial score (nSPS) is 18.6. The molecular weight excluding hydrogens is 340 g/mol. The van der Waals surface area contributed by atoms with Crippen LogP contribution in [0.3, 0.4) is 0 Å². The minimum atomic E-state index is -0.226. The third kappa shape index (κ3) is 4.81. The van der Waals surface area contributed by atoms with Gasteiger partial charge in [-0.2, -0.15) is 0 Å². The van der Waals surface area contributed by atoms with Crippen molar-refractivity contribution in [2.45, 2.75) is 6.54 Å². The van der Waals surface area contributed by atoms with Gasteiger partial charge in [-0.25, -0.2) is 0 Å². The molecule has 2 fully saturated rings. The van der Waals surface area contributed by atoms with Gasteiger partial charge in [0, 0.05) is 44.8 Å². The molecule has 1 aromatic rings. The predicted octanol–water partition coefficient (Wildman–Crippen LogP) is 0.517. The van der Waals surface area contributed by atoms with Crippen molar-refractivity contribution in [1.82, 2.24) is 20.4 Å². The molecule has 2 N–H and O–H groups in total. The van der Waals surface area contributed by atoms with Crippen molar-refractivity contribution in [2.24, 2.45) is 0 Å². The smallest absolute Gasteiger partial charge is 0.289 e. The Bertz CT molecular complexity index is 645. The van der Waals surface area contributed by atoms with Crippen LogP contribution in [0.15, 0.2) is 24.3 Å². The molecule has 0 unspecified atom stereocenters. The highest BCUT2D eigenvalue weighted by Gasteiger charge is 2.29. The quantitative estimate of drug-likeness (QED) is 0.768. The zero-order valence-electron chi connectivity index (χ0n) is 14.0. The number of hydrogen-bond acceptors (Lipinski definition) is 6. The van der Waals surface area contributed by atoms with E-state index in [0.717, 1.165) is 50.0 Å². The molecule has 8 heteroatoms. The average molecular weight is 362 g/mol. The molecule has 0 aliphatic carbocycles. The van der Waals surface area contributed by atoms with Gasteiger partial charge in [-0.3, -0.25) is 24.2 Å². The highest BCUT2D eigenvalue weighted by Crippen LogP contribution is 2.21. The summed E-state index contributed by atoms with van der Waals surface area (Å²) in [4.78, 5) is 39.2. The van der Waals surface area contributed by atoms with Gasteiger partial charge in [0.1, 0.15) is 0 Å². The number of nitrogens with zero attached hydrogens (tertiary/aromatic N) is 2. The van der Waals surface area contributed by atoms with Crippen molar-refractivity contribution in [3.8, 4) is 0 Å². The fourth-order valence-electron chi connectivity index (χ4n) is 2.89. The van der Waals surface area contributed by atoms with Crippen LogP contribution in [0, 0.1) is 0 Å². The third-order valence-corrected chi connectivity index (χ3v) is 5.15. The molecule has 25 heavy (non-hydrogen) atoms. The molecule has 3 amide bonds. The van der Waals surface area contributed by atoms with Crippen LogP contribution in [0.5, 0.6) is 0 Å². The Labute approximate surface area is 151 Å². The van der Waals surface area contributed by atoms with Crippen LogP contribution in [0.2, 0.25) is 0 Å². The van der Waals surface area contributed by atoms with Crippen molar-refractivity contribution < 1.29 is 14.4 Å². The van der Waals surface area contributed by atoms with Gasteiger partial charge in [-0.15, -0.1) is 0 Å². The summed E-state index contributed by atoms with van der Waals surface area (Å²) < 4.78 is 0. The van der Waals surface area contributed by atoms with E-state index < -0.39 is 0 Å². The number of nitrogens with one attached hydrogen (secondary N) is 2. The molecule has 2 aliphatic rings. The Kier molecular flexibility index (Phi) is 6.06. The summed E-state index contributed by atoms with van der Waals surface area (Å²) in [5, 5.41) is 6.01. The molecule has 3 rings (SSSR count). The number of benzene rings is 1. The second-order valence-corrected chi connectivity index (χ2v) is 7.01. The number of thioether (sulfide) groups is 1. The van der Waals surface area contributed by atoms with E-state index in [4.69, 9.17) is 0 Å². The Balaban J connectivity index is 1.52. The molecule has 0 radical (unpaired) electrons. The molecule has 0 atom stereocenters. The van der Waals surface area contributed by atoms with E-state index >= 15 is 0 Å². The van der Waals surface area contributed by atoms with Crippen molar-refractivity contribution in [3.05, 3.63) is 35.4 Å². The molecule has 0 saturated carbocycles. The van der Waals surface area contributed by atoms with E-state index in [1.54, 1.807) is 18.2 Å². The van der Waals surface area contributed by atoms with E-state index in [2.05, 4.69) is 15.5 Å². The minimum absolute atomic E-state index is 0.134. The van der Waals surface area contributed by atoms with Gasteiger partial charge >= 0.3 is 0 Å². The second kappa shape index (κ2) is 8.46. The summed E-state index contributed by atoms with van der Waals surface area (Å²) in [7, 11) is 0. The Morgan fingerprint density at radius 1 is 1.24 bits per heavy atom. The largest absolute Gasteiger partial charge is 0.351 e. The van der Waals surface area contributed by atoms with E-state index in [1.165, 1.54) is 4.90 Å². The van der Waals surface area contributed by atoms with Gasteiger partial charge in [0.25, 0.3) is 11.1 Å². The zero-order valence-corrected chi connectivity index (χ0v) is 14.8. The summed E-state index contributed by atoms with van der Waals surface area (Å²) >= 11 is 1.02. The predicted molar refractivity (Wildman–Crippen MR) is 96.5 cm³/mol. The minimum Gasteiger partial charge on any atom is -0.351 e. The number of piperazine rings is 1. The number of hydrogen-bond donors (Lipinski definition) is 2. The monoisotopic (exact) mass is 362 g/mol. The molecule has 134 valence electrons. The summed E-state index contributed by atoms with van der Waals surface area (Å²) in [5.74, 6) is -0.114. The maximum absolute atomic E-state index is 12.3. The van der Waals surface area contributed by atoms with Crippen molar-refractivity contribution in [3.63, 3.8) is 0 Å². The van der Waals surface area contributed by atoms with Crippen LogP contribution in [0.25, 0.3) is 0 Å². The number of imide groups is 1. The standard InChI is InChI=1S/C17H22N4O3S/c22-15-12-25-17(24)21(15)11-13-2-1-3-14(10-13)16(23)19-6-9-20-7-4-18-5-8-20/h1-3,10,18H,4-9,11-12H2,(H,19,23). The van der Waals surface area contributed by atoms with Crippen LogP contribution in [0.4, 0.5) is 4.79 Å². The fourth-order valence-corrected chi connectivity index (χ4v) is 3.62. The van der Waals surface area contributed by atoms with Gasteiger partial charge in [-0.1, -0.05) is 23.9 Å². The Morgan fingerprint density at radius 2 is 2.04 bits per heavy atom. The molecule has 0 aromatic heterocycles. The zero-order chi connectivity index (χ0) is 17.6. The van der Waals surface area contributed by atoms with Gasteiger partial charge < -0.3 is 10.6 Å². The van der Waals surface area contributed by atoms with Gasteiger partial charge in [-0.05, 0) is 17.7 Å². The van der Waals surface area contributed by atoms with Crippen LogP contribution < -0.4 is 10.6 Å². The SMILES string of the molecule is O=C(NCCN1CCNCC1)c1cccc(CN2C(=O)CSC2=O)c1. The third-order valence-electron chi connectivity index (χ3n) is 4.29. The Morgan fingerprint density at radius 3 is 2.76 bits per heavy atom. The van der Waals surface area contributed by atoms with Crippen molar-refractivity contribution in [1.29, 1.82) is 0 Å². The maximum Gasteiger partial charge on any atom is 0.289 e. The van der Waals surface area contributed by atoms with E-state index in [1.807, 2.05) is 6.07 Å². The highest BCUT2D eigenvalue weighted by molar-refractivity contribution is 8.14. The fraction of sp³-hybridized carbons (Fsp3) is 0.471. The lowest BCUT2D eigenvalue weighted by Crippen LogP contribution is -2.46. The summed E-state index contributed by atoms with van der Waals surface area (Å²) in [6, 6.07) is 7.08. The summed E-state index contributed by atoms with van der Waals surface area (Å²) in [5.41, 5.74) is 1.32. The summed E-state index contributed by atoms with van der Waals surface area (Å²) in [6.07, 6.45) is 0. The van der Waals surface area contributed by atoms with E-state index in [9.17, 15) is 14.4 Å². The number of carbonyl (C=O) groups is 3. The lowest BCUT2D eigenvalue weighted by molar-refractivity contribution is -0.125. The maximum atomic E-state index is 12.3. The van der Waals surface area contributed by atoms with Crippen LogP contribution >= 0.6 is 11.8 Å². The second-order valence-electron chi connectivity index (χ2n) is 6.08. The van der Waals surface area contributed by atoms with Gasteiger partial charge in [0.2, 0.25) is 5.91 Å². The van der Waals surface area contributed by atoms with Gasteiger partial charge in [0.15, 0.2) is 0 Å². The highest BCUT2D eigenvalue weighted by atomic mass is 32.2. The molecular formula is C17H22N4O3S. The van der Waals surface area contributed by atoms with E-state index in [0.29, 0.717) is 12.1 Å². The summed E-state index contributed by atoms with van der Waals surface area (Å²) in [6.45, 7) is 5.63.